The first-order chi connectivity index (χ1) is 11.1. The van der Waals surface area contributed by atoms with Crippen molar-refractivity contribution < 1.29 is 19.2 Å². The number of non-ortho nitro benzene ring substituents is 1. The summed E-state index contributed by atoms with van der Waals surface area (Å²) in [5, 5.41) is 10.7. The molecule has 0 bridgehead atoms. The molecule has 0 saturated carbocycles. The van der Waals surface area contributed by atoms with E-state index in [-0.39, 0.29) is 12.3 Å². The standard InChI is InChI=1S/C16H12BrNO5/c1-2-9-22-14-8-3-11(10-19)15(17)16(14)23-13-6-4-12(5-7-13)18(20)21/h2-8,10H,1,9H2. The van der Waals surface area contributed by atoms with E-state index in [9.17, 15) is 14.9 Å². The summed E-state index contributed by atoms with van der Waals surface area (Å²) >= 11 is 3.31. The summed E-state index contributed by atoms with van der Waals surface area (Å²) in [5.41, 5.74) is 0.356. The smallest absolute Gasteiger partial charge is 0.269 e. The lowest BCUT2D eigenvalue weighted by Gasteiger charge is -2.14. The average Bonchev–Trinajstić information content (AvgIpc) is 2.56. The number of nitrogens with zero attached hydrogens (tertiary/aromatic N) is 1. The second kappa shape index (κ2) is 7.55. The van der Waals surface area contributed by atoms with Gasteiger partial charge in [0.1, 0.15) is 12.4 Å². The second-order valence-electron chi connectivity index (χ2n) is 4.37. The molecule has 0 radical (unpaired) electrons. The number of rotatable bonds is 7. The largest absolute Gasteiger partial charge is 0.486 e. The Kier molecular flexibility index (Phi) is 5.48. The topological polar surface area (TPSA) is 78.7 Å². The Hall–Kier alpha value is -2.67. The quantitative estimate of drug-likeness (QED) is 0.306. The van der Waals surface area contributed by atoms with Gasteiger partial charge in [-0.15, -0.1) is 0 Å². The Morgan fingerprint density at radius 2 is 1.91 bits per heavy atom. The normalized spacial score (nSPS) is 9.96. The molecule has 0 fully saturated rings. The molecule has 7 heteroatoms. The van der Waals surface area contributed by atoms with E-state index in [1.165, 1.54) is 24.3 Å². The maximum atomic E-state index is 11.1. The SMILES string of the molecule is C=CCOc1ccc(C=O)c(Br)c1Oc1ccc([N+](=O)[O-])cc1. The van der Waals surface area contributed by atoms with E-state index in [4.69, 9.17) is 9.47 Å². The van der Waals surface area contributed by atoms with Crippen LogP contribution in [0.2, 0.25) is 0 Å². The maximum absolute atomic E-state index is 11.1. The van der Waals surface area contributed by atoms with Crippen LogP contribution in [0.5, 0.6) is 17.2 Å². The maximum Gasteiger partial charge on any atom is 0.269 e. The molecule has 118 valence electrons. The summed E-state index contributed by atoms with van der Waals surface area (Å²) in [7, 11) is 0. The summed E-state index contributed by atoms with van der Waals surface area (Å²) in [6, 6.07) is 8.80. The molecule has 0 unspecified atom stereocenters. The van der Waals surface area contributed by atoms with Gasteiger partial charge in [-0.2, -0.15) is 0 Å². The Balaban J connectivity index is 2.37. The zero-order valence-electron chi connectivity index (χ0n) is 11.9. The molecule has 0 aliphatic heterocycles. The fourth-order valence-electron chi connectivity index (χ4n) is 1.76. The molecule has 0 spiro atoms. The van der Waals surface area contributed by atoms with Crippen LogP contribution >= 0.6 is 15.9 Å². The minimum Gasteiger partial charge on any atom is -0.486 e. The van der Waals surface area contributed by atoms with Gasteiger partial charge in [0, 0.05) is 17.7 Å². The lowest BCUT2D eigenvalue weighted by atomic mass is 10.2. The summed E-state index contributed by atoms with van der Waals surface area (Å²) in [6.07, 6.45) is 2.27. The first-order valence-electron chi connectivity index (χ1n) is 6.50. The molecule has 0 amide bonds. The number of hydrogen-bond acceptors (Lipinski definition) is 5. The number of ether oxygens (including phenoxy) is 2. The lowest BCUT2D eigenvalue weighted by Crippen LogP contribution is -1.98. The lowest BCUT2D eigenvalue weighted by molar-refractivity contribution is -0.384. The summed E-state index contributed by atoms with van der Waals surface area (Å²) in [4.78, 5) is 21.2. The van der Waals surface area contributed by atoms with E-state index in [0.29, 0.717) is 33.6 Å². The third-order valence-corrected chi connectivity index (χ3v) is 3.66. The predicted molar refractivity (Wildman–Crippen MR) is 88.4 cm³/mol. The third-order valence-electron chi connectivity index (χ3n) is 2.84. The van der Waals surface area contributed by atoms with E-state index in [0.717, 1.165) is 0 Å². The fourth-order valence-corrected chi connectivity index (χ4v) is 2.26. The minimum atomic E-state index is -0.495. The Morgan fingerprint density at radius 3 is 2.48 bits per heavy atom. The van der Waals surface area contributed by atoms with Crippen LogP contribution in [-0.2, 0) is 0 Å². The van der Waals surface area contributed by atoms with Gasteiger partial charge in [0.15, 0.2) is 17.8 Å². The molecule has 2 aromatic carbocycles. The van der Waals surface area contributed by atoms with Crippen LogP contribution in [0.15, 0.2) is 53.5 Å². The fraction of sp³-hybridized carbons (Fsp3) is 0.0625. The average molecular weight is 378 g/mol. The Morgan fingerprint density at radius 1 is 1.22 bits per heavy atom. The molecule has 2 rings (SSSR count). The van der Waals surface area contributed by atoms with E-state index < -0.39 is 4.92 Å². The van der Waals surface area contributed by atoms with E-state index >= 15 is 0 Å². The van der Waals surface area contributed by atoms with Crippen molar-refractivity contribution in [3.8, 4) is 17.2 Å². The molecule has 6 nitrogen and oxygen atoms in total. The van der Waals surface area contributed by atoms with Crippen molar-refractivity contribution in [2.24, 2.45) is 0 Å². The molecular weight excluding hydrogens is 366 g/mol. The Bertz CT molecular complexity index is 743. The number of carbonyl (C=O) groups excluding carboxylic acids is 1. The van der Waals surface area contributed by atoms with Crippen molar-refractivity contribution in [2.75, 3.05) is 6.61 Å². The molecular formula is C16H12BrNO5. The zero-order valence-corrected chi connectivity index (χ0v) is 13.5. The zero-order chi connectivity index (χ0) is 16.8. The highest BCUT2D eigenvalue weighted by Gasteiger charge is 2.15. The second-order valence-corrected chi connectivity index (χ2v) is 5.16. The highest BCUT2D eigenvalue weighted by molar-refractivity contribution is 9.10. The van der Waals surface area contributed by atoms with Gasteiger partial charge in [-0.1, -0.05) is 12.7 Å². The molecule has 0 N–H and O–H groups in total. The molecule has 0 aliphatic rings. The van der Waals surface area contributed by atoms with Gasteiger partial charge in [-0.05, 0) is 40.2 Å². The molecule has 23 heavy (non-hydrogen) atoms. The van der Waals surface area contributed by atoms with Crippen LogP contribution in [-0.4, -0.2) is 17.8 Å². The van der Waals surface area contributed by atoms with Gasteiger partial charge >= 0.3 is 0 Å². The number of halogens is 1. The van der Waals surface area contributed by atoms with Crippen LogP contribution < -0.4 is 9.47 Å². The number of nitro groups is 1. The van der Waals surface area contributed by atoms with E-state index in [1.54, 1.807) is 18.2 Å². The van der Waals surface area contributed by atoms with Crippen molar-refractivity contribution in [3.05, 3.63) is 69.2 Å². The summed E-state index contributed by atoms with van der Waals surface area (Å²) < 4.78 is 11.7. The summed E-state index contributed by atoms with van der Waals surface area (Å²) in [5.74, 6) is 1.11. The van der Waals surface area contributed by atoms with Gasteiger partial charge in [0.2, 0.25) is 0 Å². The number of aldehydes is 1. The first kappa shape index (κ1) is 16.7. The van der Waals surface area contributed by atoms with Gasteiger partial charge in [0.05, 0.1) is 9.40 Å². The van der Waals surface area contributed by atoms with E-state index in [2.05, 4.69) is 22.5 Å². The number of benzene rings is 2. The highest BCUT2D eigenvalue weighted by atomic mass is 79.9. The van der Waals surface area contributed by atoms with Crippen LogP contribution in [0.1, 0.15) is 10.4 Å². The van der Waals surface area contributed by atoms with Crippen molar-refractivity contribution in [3.63, 3.8) is 0 Å². The highest BCUT2D eigenvalue weighted by Crippen LogP contribution is 2.40. The van der Waals surface area contributed by atoms with Gasteiger partial charge < -0.3 is 9.47 Å². The third kappa shape index (κ3) is 3.95. The van der Waals surface area contributed by atoms with Crippen molar-refractivity contribution >= 4 is 27.9 Å². The monoisotopic (exact) mass is 377 g/mol. The van der Waals surface area contributed by atoms with E-state index in [1.807, 2.05) is 0 Å². The molecule has 0 heterocycles. The Labute approximate surface area is 140 Å². The van der Waals surface area contributed by atoms with Gasteiger partial charge in [0.25, 0.3) is 5.69 Å². The first-order valence-corrected chi connectivity index (χ1v) is 7.29. The van der Waals surface area contributed by atoms with Crippen LogP contribution in [0.3, 0.4) is 0 Å². The molecule has 0 saturated heterocycles. The number of carbonyl (C=O) groups is 1. The summed E-state index contributed by atoms with van der Waals surface area (Å²) in [6.45, 7) is 3.84. The van der Waals surface area contributed by atoms with Gasteiger partial charge in [-0.3, -0.25) is 14.9 Å². The number of nitro benzene ring substituents is 1. The number of hydrogen-bond donors (Lipinski definition) is 0. The van der Waals surface area contributed by atoms with Crippen LogP contribution in [0, 0.1) is 10.1 Å². The van der Waals surface area contributed by atoms with Crippen LogP contribution in [0.25, 0.3) is 0 Å². The van der Waals surface area contributed by atoms with Crippen molar-refractivity contribution in [1.82, 2.24) is 0 Å². The molecule has 2 aromatic rings. The van der Waals surface area contributed by atoms with Crippen molar-refractivity contribution in [2.45, 2.75) is 0 Å². The molecule has 0 atom stereocenters. The van der Waals surface area contributed by atoms with Crippen molar-refractivity contribution in [1.29, 1.82) is 0 Å². The molecule has 0 aliphatic carbocycles. The minimum absolute atomic E-state index is 0.0406. The molecule has 0 aromatic heterocycles. The van der Waals surface area contributed by atoms with Crippen LogP contribution in [0.4, 0.5) is 5.69 Å². The predicted octanol–water partition coefficient (Wildman–Crippen LogP) is 4.53. The van der Waals surface area contributed by atoms with Gasteiger partial charge in [-0.25, -0.2) is 0 Å².